The monoisotopic (exact) mass is 273 g/mol. The highest BCUT2D eigenvalue weighted by molar-refractivity contribution is 6.29. The van der Waals surface area contributed by atoms with Gasteiger partial charge in [0.2, 0.25) is 0 Å². The SMILES string of the molecule is CCOCc1nc(Cl)cc(NCC(O)C(C)C)n1. The van der Waals surface area contributed by atoms with Crippen LogP contribution in [0.4, 0.5) is 5.82 Å². The van der Waals surface area contributed by atoms with Crippen LogP contribution >= 0.6 is 11.6 Å². The van der Waals surface area contributed by atoms with Crippen LogP contribution in [-0.4, -0.2) is 34.3 Å². The van der Waals surface area contributed by atoms with Gasteiger partial charge in [-0.25, -0.2) is 9.97 Å². The molecule has 0 aromatic carbocycles. The third-order valence-corrected chi connectivity index (χ3v) is 2.63. The van der Waals surface area contributed by atoms with Gasteiger partial charge >= 0.3 is 0 Å². The van der Waals surface area contributed by atoms with Gasteiger partial charge in [-0.05, 0) is 12.8 Å². The first-order valence-corrected chi connectivity index (χ1v) is 6.43. The smallest absolute Gasteiger partial charge is 0.158 e. The summed E-state index contributed by atoms with van der Waals surface area (Å²) in [7, 11) is 0. The molecule has 6 heteroatoms. The van der Waals surface area contributed by atoms with E-state index in [1.54, 1.807) is 6.07 Å². The van der Waals surface area contributed by atoms with E-state index >= 15 is 0 Å². The summed E-state index contributed by atoms with van der Waals surface area (Å²) in [5.74, 6) is 1.33. The van der Waals surface area contributed by atoms with Crippen molar-refractivity contribution in [1.29, 1.82) is 0 Å². The number of ether oxygens (including phenoxy) is 1. The molecule has 102 valence electrons. The molecule has 1 rings (SSSR count). The van der Waals surface area contributed by atoms with Crippen molar-refractivity contribution in [2.24, 2.45) is 5.92 Å². The van der Waals surface area contributed by atoms with E-state index in [9.17, 15) is 5.11 Å². The Kier molecular flexibility index (Phi) is 6.32. The van der Waals surface area contributed by atoms with Gasteiger partial charge in [-0.2, -0.15) is 0 Å². The summed E-state index contributed by atoms with van der Waals surface area (Å²) >= 11 is 5.90. The van der Waals surface area contributed by atoms with E-state index in [0.29, 0.717) is 36.6 Å². The van der Waals surface area contributed by atoms with Gasteiger partial charge in [-0.1, -0.05) is 25.4 Å². The second-order valence-electron chi connectivity index (χ2n) is 4.32. The van der Waals surface area contributed by atoms with E-state index in [0.717, 1.165) is 0 Å². The largest absolute Gasteiger partial charge is 0.391 e. The first-order chi connectivity index (χ1) is 8.52. The van der Waals surface area contributed by atoms with Gasteiger partial charge in [0.1, 0.15) is 17.6 Å². The van der Waals surface area contributed by atoms with Crippen LogP contribution < -0.4 is 5.32 Å². The molecule has 0 amide bonds. The Labute approximate surface area is 113 Å². The van der Waals surface area contributed by atoms with Crippen molar-refractivity contribution in [3.05, 3.63) is 17.0 Å². The van der Waals surface area contributed by atoms with Crippen LogP contribution in [-0.2, 0) is 11.3 Å². The third-order valence-electron chi connectivity index (χ3n) is 2.44. The molecule has 0 aliphatic carbocycles. The summed E-state index contributed by atoms with van der Waals surface area (Å²) < 4.78 is 5.23. The van der Waals surface area contributed by atoms with Gasteiger partial charge in [0.05, 0.1) is 6.10 Å². The number of hydrogen-bond acceptors (Lipinski definition) is 5. The number of anilines is 1. The summed E-state index contributed by atoms with van der Waals surface area (Å²) in [5, 5.41) is 13.1. The van der Waals surface area contributed by atoms with Crippen LogP contribution in [0, 0.1) is 5.92 Å². The normalized spacial score (nSPS) is 12.8. The molecule has 1 unspecified atom stereocenters. The highest BCUT2D eigenvalue weighted by Gasteiger charge is 2.10. The Morgan fingerprint density at radius 3 is 2.78 bits per heavy atom. The summed E-state index contributed by atoms with van der Waals surface area (Å²) in [5.41, 5.74) is 0. The van der Waals surface area contributed by atoms with Gasteiger partial charge < -0.3 is 15.2 Å². The van der Waals surface area contributed by atoms with E-state index in [1.165, 1.54) is 0 Å². The van der Waals surface area contributed by atoms with Crippen LogP contribution in [0.3, 0.4) is 0 Å². The topological polar surface area (TPSA) is 67.3 Å². The van der Waals surface area contributed by atoms with Crippen molar-refractivity contribution in [3.8, 4) is 0 Å². The van der Waals surface area contributed by atoms with Gasteiger partial charge in [-0.15, -0.1) is 0 Å². The van der Waals surface area contributed by atoms with Gasteiger partial charge in [-0.3, -0.25) is 0 Å². The van der Waals surface area contributed by atoms with E-state index < -0.39 is 6.10 Å². The lowest BCUT2D eigenvalue weighted by Gasteiger charge is -2.15. The fourth-order valence-corrected chi connectivity index (χ4v) is 1.46. The molecule has 0 spiro atoms. The maximum absolute atomic E-state index is 9.70. The molecule has 2 N–H and O–H groups in total. The summed E-state index contributed by atoms with van der Waals surface area (Å²) in [4.78, 5) is 8.32. The lowest BCUT2D eigenvalue weighted by Crippen LogP contribution is -2.25. The maximum Gasteiger partial charge on any atom is 0.158 e. The molecular weight excluding hydrogens is 254 g/mol. The fraction of sp³-hybridized carbons (Fsp3) is 0.667. The number of nitrogens with zero attached hydrogens (tertiary/aromatic N) is 2. The Hall–Kier alpha value is -0.910. The van der Waals surface area contributed by atoms with Gasteiger partial charge in [0.25, 0.3) is 0 Å². The summed E-state index contributed by atoms with van der Waals surface area (Å²) in [6.07, 6.45) is -0.422. The second kappa shape index (κ2) is 7.51. The van der Waals surface area contributed by atoms with Crippen LogP contribution in [0.2, 0.25) is 5.15 Å². The third kappa shape index (κ3) is 5.16. The van der Waals surface area contributed by atoms with Crippen LogP contribution in [0.1, 0.15) is 26.6 Å². The predicted molar refractivity (Wildman–Crippen MR) is 71.7 cm³/mol. The average Bonchev–Trinajstić information content (AvgIpc) is 2.32. The van der Waals surface area contributed by atoms with Crippen molar-refractivity contribution in [1.82, 2.24) is 9.97 Å². The second-order valence-corrected chi connectivity index (χ2v) is 4.71. The molecule has 5 nitrogen and oxygen atoms in total. The van der Waals surface area contributed by atoms with E-state index in [4.69, 9.17) is 16.3 Å². The first kappa shape index (κ1) is 15.1. The molecule has 18 heavy (non-hydrogen) atoms. The van der Waals surface area contributed by atoms with Crippen LogP contribution in [0.15, 0.2) is 6.07 Å². The molecule has 0 bridgehead atoms. The number of rotatable bonds is 7. The molecule has 0 fully saturated rings. The number of halogens is 1. The van der Waals surface area contributed by atoms with Crippen LogP contribution in [0.5, 0.6) is 0 Å². The zero-order valence-electron chi connectivity index (χ0n) is 11.0. The molecule has 1 aromatic heterocycles. The molecule has 1 atom stereocenters. The van der Waals surface area contributed by atoms with Crippen molar-refractivity contribution in [2.75, 3.05) is 18.5 Å². The molecule has 0 saturated heterocycles. The van der Waals surface area contributed by atoms with Gasteiger partial charge in [0.15, 0.2) is 5.82 Å². The zero-order valence-corrected chi connectivity index (χ0v) is 11.7. The Morgan fingerprint density at radius 1 is 1.44 bits per heavy atom. The molecule has 1 aromatic rings. The lowest BCUT2D eigenvalue weighted by molar-refractivity contribution is 0.128. The van der Waals surface area contributed by atoms with Crippen molar-refractivity contribution >= 4 is 17.4 Å². The molecule has 0 aliphatic rings. The van der Waals surface area contributed by atoms with Crippen molar-refractivity contribution in [3.63, 3.8) is 0 Å². The number of aliphatic hydroxyl groups is 1. The zero-order chi connectivity index (χ0) is 13.5. The molecule has 1 heterocycles. The Bertz CT molecular complexity index is 374. The van der Waals surface area contributed by atoms with E-state index in [1.807, 2.05) is 20.8 Å². The highest BCUT2D eigenvalue weighted by atomic mass is 35.5. The number of hydrogen-bond donors (Lipinski definition) is 2. The number of aromatic nitrogens is 2. The Balaban J connectivity index is 2.62. The summed E-state index contributed by atoms with van der Waals surface area (Å²) in [6.45, 7) is 7.19. The van der Waals surface area contributed by atoms with Crippen molar-refractivity contribution in [2.45, 2.75) is 33.5 Å². The number of aliphatic hydroxyl groups excluding tert-OH is 1. The van der Waals surface area contributed by atoms with Gasteiger partial charge in [0, 0.05) is 19.2 Å². The predicted octanol–water partition coefficient (Wildman–Crippen LogP) is 2.10. The lowest BCUT2D eigenvalue weighted by atomic mass is 10.1. The standard InChI is InChI=1S/C12H20ClN3O2/c1-4-18-7-12-15-10(13)5-11(16-12)14-6-9(17)8(2)3/h5,8-9,17H,4,6-7H2,1-3H3,(H,14,15,16). The minimum Gasteiger partial charge on any atom is -0.391 e. The molecular formula is C12H20ClN3O2. The first-order valence-electron chi connectivity index (χ1n) is 6.06. The summed E-state index contributed by atoms with van der Waals surface area (Å²) in [6, 6.07) is 1.63. The fourth-order valence-electron chi connectivity index (χ4n) is 1.26. The molecule has 0 radical (unpaired) electrons. The van der Waals surface area contributed by atoms with E-state index in [-0.39, 0.29) is 5.92 Å². The van der Waals surface area contributed by atoms with E-state index in [2.05, 4.69) is 15.3 Å². The highest BCUT2D eigenvalue weighted by Crippen LogP contribution is 2.13. The quantitative estimate of drug-likeness (QED) is 0.745. The average molecular weight is 274 g/mol. The minimum absolute atomic E-state index is 0.192. The maximum atomic E-state index is 9.70. The molecule has 0 aliphatic heterocycles. The number of nitrogens with one attached hydrogen (secondary N) is 1. The van der Waals surface area contributed by atoms with Crippen LogP contribution in [0.25, 0.3) is 0 Å². The minimum atomic E-state index is -0.422. The Morgan fingerprint density at radius 2 is 2.17 bits per heavy atom. The van der Waals surface area contributed by atoms with Crippen molar-refractivity contribution < 1.29 is 9.84 Å². The molecule has 0 saturated carbocycles.